The van der Waals surface area contributed by atoms with E-state index in [0.717, 1.165) is 5.56 Å². The lowest BCUT2D eigenvalue weighted by molar-refractivity contribution is 0.0949. The Morgan fingerprint density at radius 1 is 1.18 bits per heavy atom. The zero-order chi connectivity index (χ0) is 24.9. The van der Waals surface area contributed by atoms with E-state index < -0.39 is 31.0 Å². The highest BCUT2D eigenvalue weighted by Crippen LogP contribution is 2.31. The van der Waals surface area contributed by atoms with Crippen molar-refractivity contribution >= 4 is 36.7 Å². The van der Waals surface area contributed by atoms with Crippen LogP contribution in [0.4, 0.5) is 4.39 Å². The molecule has 7 nitrogen and oxygen atoms in total. The van der Waals surface area contributed by atoms with Crippen molar-refractivity contribution in [3.8, 4) is 0 Å². The van der Waals surface area contributed by atoms with Crippen LogP contribution < -0.4 is 10.7 Å². The first-order valence-electron chi connectivity index (χ1n) is 10.7. The molecule has 0 aliphatic rings. The number of benzene rings is 2. The number of aryl methyl sites for hydroxylation is 1. The number of pyridine rings is 1. The van der Waals surface area contributed by atoms with Crippen LogP contribution in [0.5, 0.6) is 0 Å². The third-order valence-electron chi connectivity index (χ3n) is 4.77. The van der Waals surface area contributed by atoms with Crippen LogP contribution in [-0.2, 0) is 26.6 Å². The lowest BCUT2D eigenvalue weighted by Gasteiger charge is -2.09. The molecule has 0 radical (unpaired) electrons. The molecule has 0 aliphatic carbocycles. The summed E-state index contributed by atoms with van der Waals surface area (Å²) < 4.78 is 36.7. The second-order valence-corrected chi connectivity index (χ2v) is 10.0. The van der Waals surface area contributed by atoms with Crippen molar-refractivity contribution in [2.45, 2.75) is 45.8 Å². The number of hydrogen-bond acceptors (Lipinski definition) is 5. The number of fused-ring (bicyclic) bond motifs is 1. The maximum atomic E-state index is 14.6. The number of rotatable bonds is 9. The standard InChI is InChI=1S/C24H25ClFN2O5P/c1-24(2,3)33-34(31)32-10-4-5-16-11-18-21(20(26)12-16)27-14-19(22(18)29)23(30)28-13-15-6-8-17(25)9-7-15/h6-9,11-12,14H,4-5,10,13H2,1-3H3,(H-,27,28,29,30)/p+1. The van der Waals surface area contributed by atoms with Crippen LogP contribution in [0, 0.1) is 5.82 Å². The van der Waals surface area contributed by atoms with Crippen molar-refractivity contribution in [3.63, 3.8) is 0 Å². The van der Waals surface area contributed by atoms with Crippen LogP contribution in [-0.4, -0.2) is 23.1 Å². The van der Waals surface area contributed by atoms with E-state index in [1.807, 2.05) is 0 Å². The summed E-state index contributed by atoms with van der Waals surface area (Å²) in [5.41, 5.74) is 0.138. The Labute approximate surface area is 202 Å². The van der Waals surface area contributed by atoms with Gasteiger partial charge in [-0.3, -0.25) is 9.59 Å². The van der Waals surface area contributed by atoms with Crippen LogP contribution in [0.15, 0.2) is 47.4 Å². The van der Waals surface area contributed by atoms with Crippen LogP contribution in [0.3, 0.4) is 0 Å². The Morgan fingerprint density at radius 2 is 1.88 bits per heavy atom. The lowest BCUT2D eigenvalue weighted by Crippen LogP contribution is -2.28. The van der Waals surface area contributed by atoms with Gasteiger partial charge in [-0.25, -0.2) is 4.39 Å². The van der Waals surface area contributed by atoms with E-state index in [4.69, 9.17) is 20.6 Å². The van der Waals surface area contributed by atoms with Crippen molar-refractivity contribution < 1.29 is 22.8 Å². The Balaban J connectivity index is 1.68. The number of halogens is 2. The molecule has 0 bridgehead atoms. The second-order valence-electron chi connectivity index (χ2n) is 8.70. The Bertz CT molecular complexity index is 1260. The summed E-state index contributed by atoms with van der Waals surface area (Å²) in [6, 6.07) is 9.82. The van der Waals surface area contributed by atoms with Gasteiger partial charge in [0, 0.05) is 27.7 Å². The number of carbonyl (C=O) groups is 1. The predicted molar refractivity (Wildman–Crippen MR) is 130 cm³/mol. The zero-order valence-corrected chi connectivity index (χ0v) is 20.8. The van der Waals surface area contributed by atoms with Crippen LogP contribution in [0.25, 0.3) is 10.9 Å². The van der Waals surface area contributed by atoms with Crippen molar-refractivity contribution in [3.05, 3.63) is 80.3 Å². The summed E-state index contributed by atoms with van der Waals surface area (Å²) >= 11 is 5.86. The molecule has 1 atom stereocenters. The van der Waals surface area contributed by atoms with Gasteiger partial charge in [0.2, 0.25) is 5.43 Å². The number of H-pyrrole nitrogens is 1. The van der Waals surface area contributed by atoms with Gasteiger partial charge in [0.1, 0.15) is 23.6 Å². The van der Waals surface area contributed by atoms with E-state index in [2.05, 4.69) is 10.3 Å². The average Bonchev–Trinajstić information content (AvgIpc) is 2.76. The maximum Gasteiger partial charge on any atom is 0.697 e. The van der Waals surface area contributed by atoms with Crippen molar-refractivity contribution in [2.24, 2.45) is 0 Å². The highest BCUT2D eigenvalue weighted by molar-refractivity contribution is 7.33. The largest absolute Gasteiger partial charge is 0.697 e. The van der Waals surface area contributed by atoms with Gasteiger partial charge in [-0.05, 0) is 69.0 Å². The number of carbonyl (C=O) groups excluding carboxylic acids is 1. The molecule has 3 aromatic rings. The Kier molecular flexibility index (Phi) is 8.55. The van der Waals surface area contributed by atoms with Gasteiger partial charge in [-0.1, -0.05) is 23.7 Å². The molecule has 34 heavy (non-hydrogen) atoms. The molecule has 0 spiro atoms. The fourth-order valence-corrected chi connectivity index (χ4v) is 4.11. The van der Waals surface area contributed by atoms with E-state index in [0.29, 0.717) is 23.4 Å². The molecule has 10 heteroatoms. The molecular formula is C24H26ClFN2O5P+. The van der Waals surface area contributed by atoms with Gasteiger partial charge in [-0.15, -0.1) is 9.05 Å². The molecule has 0 saturated carbocycles. The molecule has 2 N–H and O–H groups in total. The number of aromatic amines is 1. The molecule has 0 aliphatic heterocycles. The van der Waals surface area contributed by atoms with Gasteiger partial charge in [-0.2, -0.15) is 0 Å². The Hall–Kier alpha value is -2.64. The first kappa shape index (κ1) is 26.0. The van der Waals surface area contributed by atoms with E-state index in [9.17, 15) is 18.5 Å². The van der Waals surface area contributed by atoms with E-state index in [1.54, 1.807) is 51.1 Å². The summed E-state index contributed by atoms with van der Waals surface area (Å²) in [6.45, 7) is 5.67. The number of nitrogens with one attached hydrogen (secondary N) is 2. The monoisotopic (exact) mass is 507 g/mol. The van der Waals surface area contributed by atoms with E-state index in [-0.39, 0.29) is 29.6 Å². The minimum absolute atomic E-state index is 0.0286. The van der Waals surface area contributed by atoms with Crippen molar-refractivity contribution in [2.75, 3.05) is 6.61 Å². The van der Waals surface area contributed by atoms with E-state index >= 15 is 0 Å². The summed E-state index contributed by atoms with van der Waals surface area (Å²) in [6.07, 6.45) is 2.04. The molecule has 1 unspecified atom stereocenters. The quantitative estimate of drug-likeness (QED) is 0.287. The average molecular weight is 508 g/mol. The summed E-state index contributed by atoms with van der Waals surface area (Å²) in [4.78, 5) is 28.2. The van der Waals surface area contributed by atoms with Gasteiger partial charge >= 0.3 is 8.25 Å². The molecule has 3 rings (SSSR count). The first-order chi connectivity index (χ1) is 16.0. The fourth-order valence-electron chi connectivity index (χ4n) is 3.20. The fraction of sp³-hybridized carbons (Fsp3) is 0.333. The van der Waals surface area contributed by atoms with E-state index in [1.165, 1.54) is 12.3 Å². The number of aromatic nitrogens is 1. The van der Waals surface area contributed by atoms with Gasteiger partial charge in [0.15, 0.2) is 0 Å². The molecule has 1 heterocycles. The smallest absolute Gasteiger partial charge is 0.358 e. The molecule has 1 aromatic heterocycles. The topological polar surface area (TPSA) is 97.5 Å². The van der Waals surface area contributed by atoms with Crippen molar-refractivity contribution in [1.82, 2.24) is 10.3 Å². The third kappa shape index (κ3) is 7.18. The molecule has 180 valence electrons. The summed E-state index contributed by atoms with van der Waals surface area (Å²) in [5, 5.41) is 3.35. The van der Waals surface area contributed by atoms with Gasteiger partial charge in [0.05, 0.1) is 5.52 Å². The highest BCUT2D eigenvalue weighted by Gasteiger charge is 2.29. The lowest BCUT2D eigenvalue weighted by atomic mass is 10.0. The molecule has 0 saturated heterocycles. The maximum absolute atomic E-state index is 14.6. The van der Waals surface area contributed by atoms with Crippen LogP contribution in [0.2, 0.25) is 5.02 Å². The summed E-state index contributed by atoms with van der Waals surface area (Å²) in [7, 11) is -2.25. The minimum atomic E-state index is -2.25. The zero-order valence-electron chi connectivity index (χ0n) is 19.1. The molecule has 0 fully saturated rings. The van der Waals surface area contributed by atoms with Gasteiger partial charge in [0.25, 0.3) is 5.91 Å². The summed E-state index contributed by atoms with van der Waals surface area (Å²) in [5.74, 6) is -1.17. The molecule has 1 amide bonds. The van der Waals surface area contributed by atoms with Gasteiger partial charge < -0.3 is 10.3 Å². The SMILES string of the molecule is CC(C)(C)O[P+](=O)OCCCc1cc(F)c2[nH]cc(C(=O)NCc3ccc(Cl)cc3)c(=O)c2c1. The van der Waals surface area contributed by atoms with Crippen LogP contribution in [0.1, 0.15) is 48.7 Å². The molecular weight excluding hydrogens is 482 g/mol. The first-order valence-corrected chi connectivity index (χ1v) is 12.2. The normalized spacial score (nSPS) is 12.1. The number of hydrogen-bond donors (Lipinski definition) is 2. The Morgan fingerprint density at radius 3 is 2.56 bits per heavy atom. The third-order valence-corrected chi connectivity index (χ3v) is 6.11. The highest BCUT2D eigenvalue weighted by atomic mass is 35.5. The van der Waals surface area contributed by atoms with Crippen LogP contribution >= 0.6 is 19.9 Å². The predicted octanol–water partition coefficient (Wildman–Crippen LogP) is 5.67. The second kappa shape index (κ2) is 11.2. The molecule has 2 aromatic carbocycles. The van der Waals surface area contributed by atoms with Crippen molar-refractivity contribution in [1.29, 1.82) is 0 Å². The number of amides is 1. The minimum Gasteiger partial charge on any atom is -0.358 e.